The highest BCUT2D eigenvalue weighted by Crippen LogP contribution is 2.28. The molecule has 1 aromatic heterocycles. The first-order valence-corrected chi connectivity index (χ1v) is 10.7. The number of ether oxygens (including phenoxy) is 2. The van der Waals surface area contributed by atoms with E-state index in [2.05, 4.69) is 10.3 Å². The van der Waals surface area contributed by atoms with E-state index in [0.29, 0.717) is 5.13 Å². The lowest BCUT2D eigenvalue weighted by molar-refractivity contribution is -0.115. The molecular weight excluding hydrogens is 408 g/mol. The number of hydrogen-bond donors (Lipinski definition) is 1. The van der Waals surface area contributed by atoms with E-state index in [9.17, 15) is 4.79 Å². The molecule has 0 spiro atoms. The van der Waals surface area contributed by atoms with Gasteiger partial charge in [0, 0.05) is 10.9 Å². The van der Waals surface area contributed by atoms with Crippen molar-refractivity contribution in [2.24, 2.45) is 0 Å². The van der Waals surface area contributed by atoms with Crippen LogP contribution in [0, 0.1) is 6.92 Å². The first-order chi connectivity index (χ1) is 15.1. The highest BCUT2D eigenvalue weighted by atomic mass is 32.1. The van der Waals surface area contributed by atoms with E-state index in [1.807, 2.05) is 85.1 Å². The number of rotatable bonds is 7. The molecule has 0 bridgehead atoms. The smallest absolute Gasteiger partial charge is 0.230 e. The molecule has 1 heterocycles. The molecule has 3 aromatic carbocycles. The first kappa shape index (κ1) is 20.6. The summed E-state index contributed by atoms with van der Waals surface area (Å²) in [7, 11) is 1.64. The minimum atomic E-state index is -0.0999. The Kier molecular flexibility index (Phi) is 6.29. The number of hydrogen-bond acceptors (Lipinski definition) is 5. The molecule has 0 saturated carbocycles. The third-order valence-corrected chi connectivity index (χ3v) is 5.46. The molecule has 31 heavy (non-hydrogen) atoms. The molecule has 4 rings (SSSR count). The molecule has 0 fully saturated rings. The predicted octanol–water partition coefficient (Wildman–Crippen LogP) is 6.10. The number of thiazole rings is 1. The molecule has 5 nitrogen and oxygen atoms in total. The number of para-hydroxylation sites is 1. The Morgan fingerprint density at radius 2 is 1.74 bits per heavy atom. The van der Waals surface area contributed by atoms with E-state index in [0.717, 1.165) is 39.6 Å². The van der Waals surface area contributed by atoms with Gasteiger partial charge in [0.2, 0.25) is 5.91 Å². The lowest BCUT2D eigenvalue weighted by Gasteiger charge is -2.07. The van der Waals surface area contributed by atoms with Crippen molar-refractivity contribution >= 4 is 22.4 Å². The average Bonchev–Trinajstić information content (AvgIpc) is 3.23. The van der Waals surface area contributed by atoms with E-state index in [1.165, 1.54) is 11.3 Å². The number of carbonyl (C=O) groups excluding carboxylic acids is 1. The van der Waals surface area contributed by atoms with Crippen molar-refractivity contribution in [1.29, 1.82) is 0 Å². The van der Waals surface area contributed by atoms with Crippen LogP contribution in [-0.4, -0.2) is 18.0 Å². The number of carbonyl (C=O) groups is 1. The van der Waals surface area contributed by atoms with Crippen molar-refractivity contribution in [2.75, 3.05) is 12.4 Å². The fourth-order valence-corrected chi connectivity index (χ4v) is 3.92. The fraction of sp³-hybridized carbons (Fsp3) is 0.120. The highest BCUT2D eigenvalue weighted by Gasteiger charge is 2.10. The minimum Gasteiger partial charge on any atom is -0.496 e. The van der Waals surface area contributed by atoms with Gasteiger partial charge in [-0.15, -0.1) is 11.3 Å². The van der Waals surface area contributed by atoms with Gasteiger partial charge in [-0.25, -0.2) is 4.98 Å². The molecule has 4 aromatic rings. The van der Waals surface area contributed by atoms with Gasteiger partial charge in [-0.3, -0.25) is 4.79 Å². The van der Waals surface area contributed by atoms with Crippen molar-refractivity contribution in [3.8, 4) is 28.5 Å². The van der Waals surface area contributed by atoms with Crippen molar-refractivity contribution < 1.29 is 14.3 Å². The van der Waals surface area contributed by atoms with E-state index in [4.69, 9.17) is 9.47 Å². The van der Waals surface area contributed by atoms with Crippen LogP contribution in [-0.2, 0) is 11.2 Å². The normalized spacial score (nSPS) is 10.5. The number of aryl methyl sites for hydroxylation is 1. The van der Waals surface area contributed by atoms with Gasteiger partial charge in [-0.1, -0.05) is 30.3 Å². The molecule has 6 heteroatoms. The fourth-order valence-electron chi connectivity index (χ4n) is 3.18. The van der Waals surface area contributed by atoms with Gasteiger partial charge in [0.1, 0.15) is 17.2 Å². The zero-order valence-electron chi connectivity index (χ0n) is 17.3. The van der Waals surface area contributed by atoms with Crippen LogP contribution >= 0.6 is 11.3 Å². The van der Waals surface area contributed by atoms with Crippen LogP contribution in [0.15, 0.2) is 78.2 Å². The molecule has 0 aliphatic heterocycles. The van der Waals surface area contributed by atoms with Crippen molar-refractivity contribution in [2.45, 2.75) is 13.3 Å². The summed E-state index contributed by atoms with van der Waals surface area (Å²) in [4.78, 5) is 17.0. The second-order valence-electron chi connectivity index (χ2n) is 7.01. The Morgan fingerprint density at radius 1 is 1.00 bits per heavy atom. The maximum atomic E-state index is 12.4. The van der Waals surface area contributed by atoms with Crippen molar-refractivity contribution in [3.05, 3.63) is 89.3 Å². The SMILES string of the molecule is COc1ccc(CC(=O)Nc2nc(-c3ccc(Oc4ccccc4)cc3)cs2)cc1C. The van der Waals surface area contributed by atoms with Crippen molar-refractivity contribution in [3.63, 3.8) is 0 Å². The number of anilines is 1. The second-order valence-corrected chi connectivity index (χ2v) is 7.86. The van der Waals surface area contributed by atoms with Crippen molar-refractivity contribution in [1.82, 2.24) is 4.98 Å². The number of aromatic nitrogens is 1. The Balaban J connectivity index is 1.37. The first-order valence-electron chi connectivity index (χ1n) is 9.83. The number of amides is 1. The maximum Gasteiger partial charge on any atom is 0.230 e. The molecule has 1 N–H and O–H groups in total. The molecule has 0 saturated heterocycles. The van der Waals surface area contributed by atoms with Gasteiger partial charge in [-0.05, 0) is 60.5 Å². The van der Waals surface area contributed by atoms with Gasteiger partial charge in [0.15, 0.2) is 5.13 Å². The standard InChI is InChI=1S/C25H22N2O3S/c1-17-14-18(8-13-23(17)29-2)15-24(28)27-25-26-22(16-31-25)19-9-11-21(12-10-19)30-20-6-4-3-5-7-20/h3-14,16H,15H2,1-2H3,(H,26,27,28). The molecule has 0 radical (unpaired) electrons. The summed E-state index contributed by atoms with van der Waals surface area (Å²) < 4.78 is 11.1. The Morgan fingerprint density at radius 3 is 2.45 bits per heavy atom. The van der Waals surface area contributed by atoms with Crippen LogP contribution in [0.2, 0.25) is 0 Å². The van der Waals surface area contributed by atoms with Gasteiger partial charge in [0.05, 0.1) is 19.2 Å². The summed E-state index contributed by atoms with van der Waals surface area (Å²) >= 11 is 1.41. The number of nitrogens with one attached hydrogen (secondary N) is 1. The summed E-state index contributed by atoms with van der Waals surface area (Å²) in [6.07, 6.45) is 0.283. The summed E-state index contributed by atoms with van der Waals surface area (Å²) in [6.45, 7) is 1.96. The summed E-state index contributed by atoms with van der Waals surface area (Å²) in [5.74, 6) is 2.26. The zero-order valence-corrected chi connectivity index (χ0v) is 18.1. The Labute approximate surface area is 185 Å². The van der Waals surface area contributed by atoms with Crippen LogP contribution in [0.3, 0.4) is 0 Å². The minimum absolute atomic E-state index is 0.0999. The molecule has 0 aliphatic carbocycles. The zero-order chi connectivity index (χ0) is 21.6. The molecule has 0 aliphatic rings. The van der Waals surface area contributed by atoms with Crippen LogP contribution in [0.25, 0.3) is 11.3 Å². The van der Waals surface area contributed by atoms with Gasteiger partial charge in [0.25, 0.3) is 0 Å². The predicted molar refractivity (Wildman–Crippen MR) is 124 cm³/mol. The molecule has 156 valence electrons. The third-order valence-electron chi connectivity index (χ3n) is 4.70. The van der Waals surface area contributed by atoms with Crippen LogP contribution in [0.5, 0.6) is 17.2 Å². The maximum absolute atomic E-state index is 12.4. The van der Waals surface area contributed by atoms with E-state index in [-0.39, 0.29) is 12.3 Å². The largest absolute Gasteiger partial charge is 0.496 e. The Bertz CT molecular complexity index is 1170. The second kappa shape index (κ2) is 9.45. The number of benzene rings is 3. The quantitative estimate of drug-likeness (QED) is 0.385. The molecule has 1 amide bonds. The molecule has 0 atom stereocenters. The van der Waals surface area contributed by atoms with E-state index < -0.39 is 0 Å². The summed E-state index contributed by atoms with van der Waals surface area (Å²) in [5.41, 5.74) is 3.71. The van der Waals surface area contributed by atoms with Gasteiger partial charge in [-0.2, -0.15) is 0 Å². The lowest BCUT2D eigenvalue weighted by atomic mass is 10.1. The highest BCUT2D eigenvalue weighted by molar-refractivity contribution is 7.14. The van der Waals surface area contributed by atoms with Gasteiger partial charge < -0.3 is 14.8 Å². The summed E-state index contributed by atoms with van der Waals surface area (Å²) in [6, 6.07) is 23.1. The lowest BCUT2D eigenvalue weighted by Crippen LogP contribution is -2.14. The average molecular weight is 431 g/mol. The molecule has 0 unspecified atom stereocenters. The van der Waals surface area contributed by atoms with Crippen LogP contribution < -0.4 is 14.8 Å². The Hall–Kier alpha value is -3.64. The van der Waals surface area contributed by atoms with Crippen LogP contribution in [0.1, 0.15) is 11.1 Å². The topological polar surface area (TPSA) is 60.5 Å². The number of methoxy groups -OCH3 is 1. The summed E-state index contributed by atoms with van der Waals surface area (Å²) in [5, 5.41) is 5.39. The third kappa shape index (κ3) is 5.29. The van der Waals surface area contributed by atoms with Crippen LogP contribution in [0.4, 0.5) is 5.13 Å². The number of nitrogens with zero attached hydrogens (tertiary/aromatic N) is 1. The van der Waals surface area contributed by atoms with E-state index >= 15 is 0 Å². The van der Waals surface area contributed by atoms with E-state index in [1.54, 1.807) is 7.11 Å². The van der Waals surface area contributed by atoms with Gasteiger partial charge >= 0.3 is 0 Å². The molecular formula is C25H22N2O3S. The monoisotopic (exact) mass is 430 g/mol.